The third-order valence-corrected chi connectivity index (χ3v) is 4.31. The normalized spacial score (nSPS) is 10.5. The van der Waals surface area contributed by atoms with Gasteiger partial charge in [0.2, 0.25) is 0 Å². The molecule has 0 fully saturated rings. The van der Waals surface area contributed by atoms with Gasteiger partial charge in [0.15, 0.2) is 5.13 Å². The van der Waals surface area contributed by atoms with Crippen molar-refractivity contribution in [3.8, 4) is 0 Å². The molecule has 0 atom stereocenters. The maximum atomic E-state index is 12.2. The van der Waals surface area contributed by atoms with E-state index >= 15 is 0 Å². The molecule has 3 aromatic rings. The summed E-state index contributed by atoms with van der Waals surface area (Å²) in [5.41, 5.74) is 2.30. The zero-order chi connectivity index (χ0) is 16.2. The molecule has 0 aliphatic carbocycles. The first-order chi connectivity index (χ1) is 11.1. The molecule has 116 valence electrons. The van der Waals surface area contributed by atoms with E-state index in [-0.39, 0.29) is 5.91 Å². The van der Waals surface area contributed by atoms with Crippen LogP contribution in [0.3, 0.4) is 0 Å². The number of hydrogen-bond donors (Lipinski definition) is 1. The van der Waals surface area contributed by atoms with Gasteiger partial charge in [-0.05, 0) is 36.8 Å². The number of nitrogens with zero attached hydrogens (tertiary/aromatic N) is 2. The third kappa shape index (κ3) is 4.15. The average molecular weight is 344 g/mol. The molecule has 3 rings (SSSR count). The van der Waals surface area contributed by atoms with Crippen LogP contribution in [0.25, 0.3) is 0 Å². The van der Waals surface area contributed by atoms with Crippen LogP contribution in [0.1, 0.15) is 26.6 Å². The number of pyridine rings is 1. The molecule has 0 radical (unpaired) electrons. The van der Waals surface area contributed by atoms with E-state index in [0.29, 0.717) is 15.8 Å². The first-order valence-corrected chi connectivity index (χ1v) is 8.24. The van der Waals surface area contributed by atoms with Crippen LogP contribution in [0.4, 0.5) is 5.13 Å². The molecular formula is C17H14ClN3OS. The zero-order valence-electron chi connectivity index (χ0n) is 12.4. The smallest absolute Gasteiger partial charge is 0.276 e. The second kappa shape index (κ2) is 6.89. The monoisotopic (exact) mass is 343 g/mol. The molecule has 2 aromatic heterocycles. The summed E-state index contributed by atoms with van der Waals surface area (Å²) >= 11 is 7.44. The molecule has 0 spiro atoms. The molecule has 0 unspecified atom stereocenters. The summed E-state index contributed by atoms with van der Waals surface area (Å²) in [5, 5.41) is 4.06. The Labute approximate surface area is 143 Å². The molecule has 23 heavy (non-hydrogen) atoms. The Kier molecular flexibility index (Phi) is 4.69. The number of carbonyl (C=O) groups excluding carboxylic acids is 1. The summed E-state index contributed by atoms with van der Waals surface area (Å²) in [5.74, 6) is -0.252. The number of aryl methyl sites for hydroxylation is 1. The first kappa shape index (κ1) is 15.6. The number of anilines is 1. The van der Waals surface area contributed by atoms with Gasteiger partial charge in [-0.2, -0.15) is 0 Å². The van der Waals surface area contributed by atoms with Gasteiger partial charge in [0.25, 0.3) is 5.91 Å². The second-order valence-corrected chi connectivity index (χ2v) is 6.61. The molecule has 0 saturated carbocycles. The van der Waals surface area contributed by atoms with E-state index in [1.165, 1.54) is 11.3 Å². The third-order valence-electron chi connectivity index (χ3n) is 3.16. The minimum atomic E-state index is -0.252. The minimum Gasteiger partial charge on any atom is -0.296 e. The van der Waals surface area contributed by atoms with E-state index in [4.69, 9.17) is 11.6 Å². The van der Waals surface area contributed by atoms with Gasteiger partial charge in [-0.25, -0.2) is 9.97 Å². The van der Waals surface area contributed by atoms with Gasteiger partial charge in [0.1, 0.15) is 5.69 Å². The highest BCUT2D eigenvalue weighted by Crippen LogP contribution is 2.22. The van der Waals surface area contributed by atoms with Crippen molar-refractivity contribution in [1.82, 2.24) is 9.97 Å². The van der Waals surface area contributed by atoms with Crippen LogP contribution < -0.4 is 5.32 Å². The van der Waals surface area contributed by atoms with Gasteiger partial charge in [0, 0.05) is 28.2 Å². The molecule has 1 amide bonds. The lowest BCUT2D eigenvalue weighted by molar-refractivity contribution is 0.102. The molecule has 6 heteroatoms. The summed E-state index contributed by atoms with van der Waals surface area (Å²) in [6.07, 6.45) is 2.50. The minimum absolute atomic E-state index is 0.252. The number of thiazole rings is 1. The predicted molar refractivity (Wildman–Crippen MR) is 93.3 cm³/mol. The van der Waals surface area contributed by atoms with Crippen LogP contribution in [0, 0.1) is 6.92 Å². The van der Waals surface area contributed by atoms with Crippen molar-refractivity contribution in [2.24, 2.45) is 0 Å². The Bertz CT molecular complexity index is 847. The number of nitrogens with one attached hydrogen (secondary N) is 1. The lowest BCUT2D eigenvalue weighted by Gasteiger charge is -2.01. The zero-order valence-corrected chi connectivity index (χ0v) is 14.0. The van der Waals surface area contributed by atoms with E-state index < -0.39 is 0 Å². The van der Waals surface area contributed by atoms with Crippen LogP contribution in [0.2, 0.25) is 5.02 Å². The highest BCUT2D eigenvalue weighted by molar-refractivity contribution is 7.15. The summed E-state index contributed by atoms with van der Waals surface area (Å²) in [7, 11) is 0. The summed E-state index contributed by atoms with van der Waals surface area (Å²) in [6, 6.07) is 13.1. The second-order valence-electron chi connectivity index (χ2n) is 5.06. The van der Waals surface area contributed by atoms with Crippen LogP contribution in [-0.4, -0.2) is 15.9 Å². The lowest BCUT2D eigenvalue weighted by Crippen LogP contribution is -2.13. The van der Waals surface area contributed by atoms with Crippen LogP contribution in [0.15, 0.2) is 48.7 Å². The van der Waals surface area contributed by atoms with Crippen molar-refractivity contribution in [2.45, 2.75) is 13.3 Å². The molecule has 0 bridgehead atoms. The topological polar surface area (TPSA) is 54.9 Å². The van der Waals surface area contributed by atoms with Crippen LogP contribution >= 0.6 is 22.9 Å². The van der Waals surface area contributed by atoms with Crippen LogP contribution in [-0.2, 0) is 6.42 Å². The van der Waals surface area contributed by atoms with Crippen molar-refractivity contribution in [1.29, 1.82) is 0 Å². The fourth-order valence-electron chi connectivity index (χ4n) is 2.13. The van der Waals surface area contributed by atoms with E-state index in [2.05, 4.69) is 15.3 Å². The Morgan fingerprint density at radius 1 is 1.26 bits per heavy atom. The van der Waals surface area contributed by atoms with Crippen LogP contribution in [0.5, 0.6) is 0 Å². The van der Waals surface area contributed by atoms with Gasteiger partial charge in [0.05, 0.1) is 0 Å². The Hall–Kier alpha value is -2.24. The van der Waals surface area contributed by atoms with Gasteiger partial charge < -0.3 is 0 Å². The molecule has 0 aliphatic rings. The Morgan fingerprint density at radius 3 is 2.87 bits per heavy atom. The molecule has 4 nitrogen and oxygen atoms in total. The van der Waals surface area contributed by atoms with Gasteiger partial charge in [-0.3, -0.25) is 10.1 Å². The number of amides is 1. The SMILES string of the molecule is Cc1cccc(C(=O)Nc2ncc(Cc3cccc(Cl)c3)s2)n1. The van der Waals surface area contributed by atoms with E-state index in [0.717, 1.165) is 22.6 Å². The quantitative estimate of drug-likeness (QED) is 0.766. The maximum Gasteiger partial charge on any atom is 0.276 e. The van der Waals surface area contributed by atoms with Crippen molar-refractivity contribution in [3.05, 3.63) is 75.5 Å². The standard InChI is InChI=1S/C17H14ClN3OS/c1-11-4-2-7-15(20-11)16(22)21-17-19-10-14(23-17)9-12-5-3-6-13(18)8-12/h2-8,10H,9H2,1H3,(H,19,21,22). The number of halogens is 1. The summed E-state index contributed by atoms with van der Waals surface area (Å²) in [6.45, 7) is 1.85. The molecule has 0 saturated heterocycles. The largest absolute Gasteiger partial charge is 0.296 e. The van der Waals surface area contributed by atoms with Gasteiger partial charge in [-0.1, -0.05) is 29.8 Å². The van der Waals surface area contributed by atoms with Gasteiger partial charge in [-0.15, -0.1) is 11.3 Å². The van der Waals surface area contributed by atoms with Crippen molar-refractivity contribution < 1.29 is 4.79 Å². The predicted octanol–water partition coefficient (Wildman–Crippen LogP) is 4.34. The van der Waals surface area contributed by atoms with Crippen molar-refractivity contribution in [2.75, 3.05) is 5.32 Å². The highest BCUT2D eigenvalue weighted by atomic mass is 35.5. The number of rotatable bonds is 4. The number of hydrogen-bond acceptors (Lipinski definition) is 4. The Balaban J connectivity index is 1.68. The molecule has 2 heterocycles. The van der Waals surface area contributed by atoms with Crippen molar-refractivity contribution in [3.63, 3.8) is 0 Å². The fraction of sp³-hybridized carbons (Fsp3) is 0.118. The molecule has 1 N–H and O–H groups in total. The first-order valence-electron chi connectivity index (χ1n) is 7.04. The summed E-state index contributed by atoms with van der Waals surface area (Å²) < 4.78 is 0. The van der Waals surface area contributed by atoms with E-state index in [9.17, 15) is 4.79 Å². The highest BCUT2D eigenvalue weighted by Gasteiger charge is 2.10. The number of carbonyl (C=O) groups is 1. The molecule has 1 aromatic carbocycles. The Morgan fingerprint density at radius 2 is 2.09 bits per heavy atom. The van der Waals surface area contributed by atoms with E-state index in [1.54, 1.807) is 12.3 Å². The van der Waals surface area contributed by atoms with E-state index in [1.807, 2.05) is 43.3 Å². The number of benzene rings is 1. The molecule has 0 aliphatic heterocycles. The molecular weight excluding hydrogens is 330 g/mol. The average Bonchev–Trinajstić information content (AvgIpc) is 2.94. The summed E-state index contributed by atoms with van der Waals surface area (Å²) in [4.78, 5) is 21.7. The van der Waals surface area contributed by atoms with Crippen molar-refractivity contribution >= 4 is 34.0 Å². The maximum absolute atomic E-state index is 12.2. The fourth-order valence-corrected chi connectivity index (χ4v) is 3.18. The number of aromatic nitrogens is 2. The van der Waals surface area contributed by atoms with Gasteiger partial charge >= 0.3 is 0 Å². The lowest BCUT2D eigenvalue weighted by atomic mass is 10.1.